The van der Waals surface area contributed by atoms with E-state index in [4.69, 9.17) is 4.74 Å². The molecule has 2 N–H and O–H groups in total. The maximum Gasteiger partial charge on any atom is 0.407 e. The molecule has 0 saturated heterocycles. The van der Waals surface area contributed by atoms with Gasteiger partial charge in [0.05, 0.1) is 6.61 Å². The van der Waals surface area contributed by atoms with E-state index in [0.29, 0.717) is 11.1 Å². The second-order valence-electron chi connectivity index (χ2n) is 6.17. The quantitative estimate of drug-likeness (QED) is 0.354. The van der Waals surface area contributed by atoms with E-state index in [0.717, 1.165) is 6.08 Å². The molecular formula is C18H23NO6. The molecule has 0 aromatic heterocycles. The van der Waals surface area contributed by atoms with Crippen LogP contribution in [0, 0.1) is 0 Å². The molecule has 0 fully saturated rings. The van der Waals surface area contributed by atoms with Gasteiger partial charge in [0, 0.05) is 18.2 Å². The number of carbonyl (C=O) groups excluding carboxylic acids is 3. The summed E-state index contributed by atoms with van der Waals surface area (Å²) in [6.07, 6.45) is 0.244. The van der Waals surface area contributed by atoms with Gasteiger partial charge in [-0.15, -0.1) is 0 Å². The minimum absolute atomic E-state index is 0.0744. The molecule has 1 rings (SSSR count). The monoisotopic (exact) mass is 349 g/mol. The molecule has 0 aliphatic carbocycles. The number of carbonyl (C=O) groups is 3. The van der Waals surface area contributed by atoms with Crippen LogP contribution in [0.3, 0.4) is 0 Å². The molecule has 25 heavy (non-hydrogen) atoms. The van der Waals surface area contributed by atoms with E-state index in [2.05, 4.69) is 10.1 Å². The number of ketones is 1. The van der Waals surface area contributed by atoms with E-state index < -0.39 is 23.4 Å². The summed E-state index contributed by atoms with van der Waals surface area (Å²) >= 11 is 0. The van der Waals surface area contributed by atoms with Crippen LogP contribution in [0.2, 0.25) is 0 Å². The highest BCUT2D eigenvalue weighted by Crippen LogP contribution is 2.14. The van der Waals surface area contributed by atoms with Crippen molar-refractivity contribution in [2.24, 2.45) is 0 Å². The molecule has 7 heteroatoms. The summed E-state index contributed by atoms with van der Waals surface area (Å²) in [5.41, 5.74) is 0.424. The van der Waals surface area contributed by atoms with Crippen molar-refractivity contribution < 1.29 is 29.0 Å². The lowest BCUT2D eigenvalue weighted by molar-refractivity contribution is -0.151. The molecule has 136 valence electrons. The Balaban J connectivity index is 2.75. The Hall–Kier alpha value is -2.83. The number of aliphatic hydroxyl groups is 1. The van der Waals surface area contributed by atoms with Crippen molar-refractivity contribution in [1.82, 2.24) is 5.32 Å². The highest BCUT2D eigenvalue weighted by molar-refractivity contribution is 6.39. The Morgan fingerprint density at radius 1 is 1.24 bits per heavy atom. The van der Waals surface area contributed by atoms with Gasteiger partial charge in [-0.2, -0.15) is 0 Å². The van der Waals surface area contributed by atoms with Crippen LogP contribution < -0.4 is 5.32 Å². The molecular weight excluding hydrogens is 326 g/mol. The number of hydrogen-bond donors (Lipinski definition) is 2. The largest absolute Gasteiger partial charge is 0.507 e. The van der Waals surface area contributed by atoms with Gasteiger partial charge < -0.3 is 19.9 Å². The van der Waals surface area contributed by atoms with Gasteiger partial charge in [0.2, 0.25) is 0 Å². The number of rotatable bonds is 6. The number of ether oxygens (including phenoxy) is 2. The summed E-state index contributed by atoms with van der Waals surface area (Å²) in [6, 6.07) is 6.55. The first-order valence-electron chi connectivity index (χ1n) is 7.80. The van der Waals surface area contributed by atoms with Crippen LogP contribution in [0.15, 0.2) is 30.3 Å². The third-order valence-electron chi connectivity index (χ3n) is 2.80. The molecule has 0 spiro atoms. The predicted octanol–water partition coefficient (Wildman–Crippen LogP) is 2.74. The first kappa shape index (κ1) is 20.2. The summed E-state index contributed by atoms with van der Waals surface area (Å²) in [6.45, 7) is 7.12. The van der Waals surface area contributed by atoms with Crippen LogP contribution in [0.1, 0.15) is 38.8 Å². The molecule has 0 radical (unpaired) electrons. The van der Waals surface area contributed by atoms with Gasteiger partial charge in [0.15, 0.2) is 0 Å². The number of hydrogen-bond acceptors (Lipinski definition) is 6. The predicted molar refractivity (Wildman–Crippen MR) is 91.8 cm³/mol. The summed E-state index contributed by atoms with van der Waals surface area (Å²) in [5.74, 6) is -2.34. The first-order valence-corrected chi connectivity index (χ1v) is 7.80. The van der Waals surface area contributed by atoms with E-state index in [1.807, 2.05) is 0 Å². The molecule has 0 aliphatic rings. The van der Waals surface area contributed by atoms with E-state index in [9.17, 15) is 19.5 Å². The highest BCUT2D eigenvalue weighted by atomic mass is 16.6. The molecule has 7 nitrogen and oxygen atoms in total. The zero-order valence-corrected chi connectivity index (χ0v) is 14.8. The van der Waals surface area contributed by atoms with Crippen LogP contribution in [0.4, 0.5) is 4.79 Å². The van der Waals surface area contributed by atoms with Crippen LogP contribution >= 0.6 is 0 Å². The van der Waals surface area contributed by atoms with Crippen molar-refractivity contribution in [3.8, 4) is 0 Å². The average Bonchev–Trinajstić information content (AvgIpc) is 2.51. The molecule has 0 aliphatic heterocycles. The molecule has 1 aromatic rings. The third-order valence-corrected chi connectivity index (χ3v) is 2.80. The fraction of sp³-hybridized carbons (Fsp3) is 0.389. The standard InChI is InChI=1S/C18H23NO6/c1-5-24-16(22)15(21)10-14(20)13-8-6-7-12(9-13)11-19-17(23)25-18(2,3)4/h6-10,20H,5,11H2,1-4H3,(H,19,23). The number of benzene rings is 1. The zero-order chi connectivity index (χ0) is 19.0. The highest BCUT2D eigenvalue weighted by Gasteiger charge is 2.16. The topological polar surface area (TPSA) is 102 Å². The minimum Gasteiger partial charge on any atom is -0.507 e. The van der Waals surface area contributed by atoms with Crippen LogP contribution in [0.5, 0.6) is 0 Å². The van der Waals surface area contributed by atoms with Gasteiger partial charge in [-0.05, 0) is 39.3 Å². The Labute approximate surface area is 146 Å². The molecule has 0 bridgehead atoms. The fourth-order valence-electron chi connectivity index (χ4n) is 1.80. The van der Waals surface area contributed by atoms with Crippen molar-refractivity contribution in [1.29, 1.82) is 0 Å². The number of aliphatic hydroxyl groups excluding tert-OH is 1. The van der Waals surface area contributed by atoms with Gasteiger partial charge in [-0.25, -0.2) is 9.59 Å². The van der Waals surface area contributed by atoms with Gasteiger partial charge in [0.1, 0.15) is 11.4 Å². The molecule has 0 saturated carbocycles. The van der Waals surface area contributed by atoms with Crippen molar-refractivity contribution in [2.45, 2.75) is 39.8 Å². The van der Waals surface area contributed by atoms with Gasteiger partial charge >= 0.3 is 12.1 Å². The number of alkyl carbamates (subject to hydrolysis) is 1. The smallest absolute Gasteiger partial charge is 0.407 e. The summed E-state index contributed by atoms with van der Waals surface area (Å²) in [4.78, 5) is 34.5. The average molecular weight is 349 g/mol. The normalized spacial score (nSPS) is 11.6. The second kappa shape index (κ2) is 8.86. The minimum atomic E-state index is -1.03. The van der Waals surface area contributed by atoms with E-state index in [1.54, 1.807) is 52.0 Å². The van der Waals surface area contributed by atoms with Crippen LogP contribution in [-0.4, -0.2) is 35.2 Å². The first-order chi connectivity index (χ1) is 11.6. The van der Waals surface area contributed by atoms with Gasteiger partial charge in [-0.3, -0.25) is 4.79 Å². The van der Waals surface area contributed by atoms with Crippen molar-refractivity contribution in [3.05, 3.63) is 41.5 Å². The number of amides is 1. The summed E-state index contributed by atoms with van der Waals surface area (Å²) < 4.78 is 9.70. The SMILES string of the molecule is CCOC(=O)C(=O)C=C(O)c1cccc(CNC(=O)OC(C)(C)C)c1. The summed E-state index contributed by atoms with van der Waals surface area (Å²) in [7, 11) is 0. The Morgan fingerprint density at radius 3 is 2.52 bits per heavy atom. The van der Waals surface area contributed by atoms with Crippen molar-refractivity contribution >= 4 is 23.6 Å². The second-order valence-corrected chi connectivity index (χ2v) is 6.17. The molecule has 1 amide bonds. The van der Waals surface area contributed by atoms with Gasteiger partial charge in [0.25, 0.3) is 5.78 Å². The maximum atomic E-state index is 11.6. The molecule has 0 atom stereocenters. The lowest BCUT2D eigenvalue weighted by Crippen LogP contribution is -2.32. The molecule has 1 aromatic carbocycles. The van der Waals surface area contributed by atoms with Crippen LogP contribution in [0.25, 0.3) is 5.76 Å². The lowest BCUT2D eigenvalue weighted by atomic mass is 10.1. The number of nitrogens with one attached hydrogen (secondary N) is 1. The zero-order valence-electron chi connectivity index (χ0n) is 14.8. The van der Waals surface area contributed by atoms with E-state index in [-0.39, 0.29) is 18.9 Å². The van der Waals surface area contributed by atoms with E-state index >= 15 is 0 Å². The van der Waals surface area contributed by atoms with Crippen molar-refractivity contribution in [2.75, 3.05) is 6.61 Å². The van der Waals surface area contributed by atoms with Crippen molar-refractivity contribution in [3.63, 3.8) is 0 Å². The van der Waals surface area contributed by atoms with E-state index in [1.165, 1.54) is 0 Å². The third kappa shape index (κ3) is 7.52. The van der Waals surface area contributed by atoms with Crippen LogP contribution in [-0.2, 0) is 25.6 Å². The lowest BCUT2D eigenvalue weighted by Gasteiger charge is -2.19. The molecule has 0 unspecified atom stereocenters. The fourth-order valence-corrected chi connectivity index (χ4v) is 1.80. The Kier molecular flexibility index (Phi) is 7.17. The molecule has 0 heterocycles. The Morgan fingerprint density at radius 2 is 1.92 bits per heavy atom. The summed E-state index contributed by atoms with van der Waals surface area (Å²) in [5, 5.41) is 12.6. The number of esters is 1. The van der Waals surface area contributed by atoms with Gasteiger partial charge in [-0.1, -0.05) is 18.2 Å². The maximum absolute atomic E-state index is 11.6. The Bertz CT molecular complexity index is 672.